The van der Waals surface area contributed by atoms with Crippen LogP contribution in [0.1, 0.15) is 79.6 Å². The van der Waals surface area contributed by atoms with E-state index in [1.807, 2.05) is 0 Å². The zero-order valence-electron chi connectivity index (χ0n) is 17.4. The van der Waals surface area contributed by atoms with Crippen molar-refractivity contribution in [2.45, 2.75) is 71.6 Å². The third kappa shape index (κ3) is 5.81. The topological polar surface area (TPSA) is 81.7 Å². The minimum absolute atomic E-state index is 0.284. The van der Waals surface area contributed by atoms with Gasteiger partial charge in [0.25, 0.3) is 5.91 Å². The molecule has 0 radical (unpaired) electrons. The molecule has 0 spiro atoms. The number of rotatable bonds is 8. The quantitative estimate of drug-likeness (QED) is 0.625. The summed E-state index contributed by atoms with van der Waals surface area (Å²) in [6.45, 7) is 3.91. The number of anilines is 1. The third-order valence-corrected chi connectivity index (χ3v) is 7.01. The van der Waals surface area contributed by atoms with Gasteiger partial charge < -0.3 is 14.8 Å². The zero-order chi connectivity index (χ0) is 20.8. The summed E-state index contributed by atoms with van der Waals surface area (Å²) in [7, 11) is 0. The van der Waals surface area contributed by atoms with Crippen molar-refractivity contribution in [3.05, 3.63) is 16.0 Å². The van der Waals surface area contributed by atoms with Gasteiger partial charge in [-0.1, -0.05) is 32.6 Å². The Bertz CT molecular complexity index is 751. The van der Waals surface area contributed by atoms with Crippen LogP contribution in [0.25, 0.3) is 0 Å². The summed E-state index contributed by atoms with van der Waals surface area (Å²) < 4.78 is 10.4. The van der Waals surface area contributed by atoms with Crippen molar-refractivity contribution in [1.29, 1.82) is 0 Å². The van der Waals surface area contributed by atoms with Crippen molar-refractivity contribution < 1.29 is 23.9 Å². The molecule has 2 aliphatic carbocycles. The normalized spacial score (nSPS) is 18.9. The van der Waals surface area contributed by atoms with Crippen molar-refractivity contribution in [1.82, 2.24) is 0 Å². The number of fused-ring (bicyclic) bond motifs is 1. The first-order valence-corrected chi connectivity index (χ1v) is 11.6. The predicted octanol–water partition coefficient (Wildman–Crippen LogP) is 4.50. The molecular formula is C22H31NO5S. The molecule has 1 fully saturated rings. The highest BCUT2D eigenvalue weighted by molar-refractivity contribution is 7.17. The van der Waals surface area contributed by atoms with E-state index in [1.54, 1.807) is 6.92 Å². The molecule has 1 amide bonds. The second-order valence-electron chi connectivity index (χ2n) is 8.17. The molecule has 160 valence electrons. The maximum Gasteiger partial charge on any atom is 0.341 e. The van der Waals surface area contributed by atoms with Crippen molar-refractivity contribution in [3.63, 3.8) is 0 Å². The number of ether oxygens (including phenoxy) is 2. The SMILES string of the molecule is CCOC(=O)c1c(NC(=O)COC(=O)CCC2CCCC2)sc2c1CCC(C)C2. The van der Waals surface area contributed by atoms with Crippen molar-refractivity contribution in [2.75, 3.05) is 18.5 Å². The number of carbonyl (C=O) groups is 3. The summed E-state index contributed by atoms with van der Waals surface area (Å²) >= 11 is 1.44. The fourth-order valence-corrected chi connectivity index (χ4v) is 5.68. The van der Waals surface area contributed by atoms with Gasteiger partial charge in [0, 0.05) is 11.3 Å². The lowest BCUT2D eigenvalue weighted by atomic mass is 9.88. The lowest BCUT2D eigenvalue weighted by molar-refractivity contribution is -0.147. The lowest BCUT2D eigenvalue weighted by Crippen LogP contribution is -2.22. The Labute approximate surface area is 176 Å². The van der Waals surface area contributed by atoms with Crippen LogP contribution in [-0.2, 0) is 31.9 Å². The van der Waals surface area contributed by atoms with E-state index in [4.69, 9.17) is 9.47 Å². The average molecular weight is 422 g/mol. The van der Waals surface area contributed by atoms with Crippen LogP contribution in [0.5, 0.6) is 0 Å². The van der Waals surface area contributed by atoms with Crippen LogP contribution in [0.3, 0.4) is 0 Å². The molecular weight excluding hydrogens is 390 g/mol. The van der Waals surface area contributed by atoms with Crippen LogP contribution in [-0.4, -0.2) is 31.1 Å². The molecule has 1 saturated carbocycles. The first-order chi connectivity index (χ1) is 14.0. The molecule has 7 heteroatoms. The van der Waals surface area contributed by atoms with E-state index in [0.29, 0.717) is 28.8 Å². The second kappa shape index (κ2) is 10.2. The molecule has 1 aromatic rings. The van der Waals surface area contributed by atoms with Gasteiger partial charge in [-0.15, -0.1) is 11.3 Å². The van der Waals surface area contributed by atoms with E-state index in [-0.39, 0.29) is 19.2 Å². The predicted molar refractivity (Wildman–Crippen MR) is 112 cm³/mol. The highest BCUT2D eigenvalue weighted by atomic mass is 32.1. The molecule has 1 aromatic heterocycles. The van der Waals surface area contributed by atoms with Crippen LogP contribution in [0.4, 0.5) is 5.00 Å². The van der Waals surface area contributed by atoms with Crippen molar-refractivity contribution in [3.8, 4) is 0 Å². The van der Waals surface area contributed by atoms with Crippen LogP contribution in [0, 0.1) is 11.8 Å². The third-order valence-electron chi connectivity index (χ3n) is 5.84. The summed E-state index contributed by atoms with van der Waals surface area (Å²) in [6.07, 6.45) is 8.79. The Balaban J connectivity index is 1.57. The van der Waals surface area contributed by atoms with Gasteiger partial charge in [0.2, 0.25) is 0 Å². The van der Waals surface area contributed by atoms with Crippen molar-refractivity contribution in [2.24, 2.45) is 11.8 Å². The molecule has 1 atom stereocenters. The maximum absolute atomic E-state index is 12.5. The smallest absolute Gasteiger partial charge is 0.341 e. The minimum atomic E-state index is -0.420. The maximum atomic E-state index is 12.5. The summed E-state index contributed by atoms with van der Waals surface area (Å²) in [4.78, 5) is 37.9. The number of esters is 2. The van der Waals surface area contributed by atoms with Gasteiger partial charge in [-0.25, -0.2) is 4.79 Å². The van der Waals surface area contributed by atoms with Gasteiger partial charge >= 0.3 is 11.9 Å². The number of amides is 1. The van der Waals surface area contributed by atoms with Crippen LogP contribution in [0.2, 0.25) is 0 Å². The minimum Gasteiger partial charge on any atom is -0.462 e. The van der Waals surface area contributed by atoms with Crippen LogP contribution in [0.15, 0.2) is 0 Å². The molecule has 1 N–H and O–H groups in total. The average Bonchev–Trinajstić information content (AvgIpc) is 3.31. The number of nitrogens with one attached hydrogen (secondary N) is 1. The number of carbonyl (C=O) groups excluding carboxylic acids is 3. The summed E-state index contributed by atoms with van der Waals surface area (Å²) in [5.74, 6) is 0.0145. The molecule has 0 aliphatic heterocycles. The van der Waals surface area contributed by atoms with E-state index in [0.717, 1.165) is 36.1 Å². The molecule has 6 nitrogen and oxygen atoms in total. The Hall–Kier alpha value is -1.89. The molecule has 2 aliphatic rings. The van der Waals surface area contributed by atoms with E-state index in [9.17, 15) is 14.4 Å². The lowest BCUT2D eigenvalue weighted by Gasteiger charge is -2.18. The van der Waals surface area contributed by atoms with Crippen LogP contribution >= 0.6 is 11.3 Å². The Morgan fingerprint density at radius 2 is 1.90 bits per heavy atom. The molecule has 0 aromatic carbocycles. The molecule has 29 heavy (non-hydrogen) atoms. The molecule has 1 unspecified atom stereocenters. The summed E-state index contributed by atoms with van der Waals surface area (Å²) in [5.41, 5.74) is 1.47. The number of thiophene rings is 1. The van der Waals surface area contributed by atoms with E-state index >= 15 is 0 Å². The van der Waals surface area contributed by atoms with Crippen molar-refractivity contribution >= 4 is 34.2 Å². The standard InChI is InChI=1S/C22H31NO5S/c1-3-27-22(26)20-16-10-8-14(2)12-17(16)29-21(20)23-18(24)13-28-19(25)11-9-15-6-4-5-7-15/h14-15H,3-13H2,1-2H3,(H,23,24). The van der Waals surface area contributed by atoms with Gasteiger partial charge in [0.1, 0.15) is 5.00 Å². The van der Waals surface area contributed by atoms with E-state index in [2.05, 4.69) is 12.2 Å². The zero-order valence-corrected chi connectivity index (χ0v) is 18.2. The van der Waals surface area contributed by atoms with E-state index in [1.165, 1.54) is 37.0 Å². The van der Waals surface area contributed by atoms with Gasteiger partial charge in [-0.2, -0.15) is 0 Å². The Morgan fingerprint density at radius 3 is 2.62 bits per heavy atom. The Morgan fingerprint density at radius 1 is 1.14 bits per heavy atom. The molecule has 0 saturated heterocycles. The van der Waals surface area contributed by atoms with Crippen LogP contribution < -0.4 is 5.32 Å². The van der Waals surface area contributed by atoms with E-state index < -0.39 is 11.9 Å². The van der Waals surface area contributed by atoms with Gasteiger partial charge in [-0.3, -0.25) is 9.59 Å². The summed E-state index contributed by atoms with van der Waals surface area (Å²) in [6, 6.07) is 0. The fourth-order valence-electron chi connectivity index (χ4n) is 4.26. The number of hydrogen-bond acceptors (Lipinski definition) is 6. The van der Waals surface area contributed by atoms with Gasteiger partial charge in [-0.05, 0) is 50.0 Å². The van der Waals surface area contributed by atoms with Gasteiger partial charge in [0.05, 0.1) is 12.2 Å². The monoisotopic (exact) mass is 421 g/mol. The summed E-state index contributed by atoms with van der Waals surface area (Å²) in [5, 5.41) is 3.28. The first-order valence-electron chi connectivity index (χ1n) is 10.7. The molecule has 0 bridgehead atoms. The largest absolute Gasteiger partial charge is 0.462 e. The Kier molecular flexibility index (Phi) is 7.70. The number of hydrogen-bond donors (Lipinski definition) is 1. The van der Waals surface area contributed by atoms with Gasteiger partial charge in [0.15, 0.2) is 6.61 Å². The fraction of sp³-hybridized carbons (Fsp3) is 0.682. The first kappa shape index (κ1) is 21.8. The second-order valence-corrected chi connectivity index (χ2v) is 9.28. The highest BCUT2D eigenvalue weighted by Gasteiger charge is 2.29. The highest BCUT2D eigenvalue weighted by Crippen LogP contribution is 2.40. The molecule has 1 heterocycles. The molecule has 3 rings (SSSR count).